The number of halogens is 2. The molecular weight excluding hydrogens is 423 g/mol. The van der Waals surface area contributed by atoms with Crippen LogP contribution in [-0.4, -0.2) is 26.7 Å². The van der Waals surface area contributed by atoms with Crippen molar-refractivity contribution in [2.75, 3.05) is 26.7 Å². The molecule has 2 fully saturated rings. The topological polar surface area (TPSA) is 33.3 Å². The summed E-state index contributed by atoms with van der Waals surface area (Å²) in [5.41, 5.74) is 1.20. The molecule has 6 heteroatoms. The Morgan fingerprint density at radius 3 is 1.81 bits per heavy atom. The number of hydrogen-bond acceptors (Lipinski definition) is 3. The molecule has 2 saturated carbocycles. The van der Waals surface area contributed by atoms with Gasteiger partial charge in [0.05, 0.1) is 7.11 Å². The molecule has 0 heterocycles. The molecule has 0 saturated heterocycles. The maximum Gasteiger partial charge on any atom is 2.00 e. The van der Waals surface area contributed by atoms with E-state index in [-0.39, 0.29) is 41.9 Å². The fourth-order valence-electron chi connectivity index (χ4n) is 2.33. The number of nitrogens with one attached hydrogen (secondary N) is 2. The van der Waals surface area contributed by atoms with Crippen LogP contribution in [0.1, 0.15) is 5.56 Å². The van der Waals surface area contributed by atoms with Crippen molar-refractivity contribution in [3.05, 3.63) is 93.5 Å². The number of ether oxygens (including phenoxy) is 1. The van der Waals surface area contributed by atoms with Gasteiger partial charge in [0, 0.05) is 31.7 Å². The molecule has 0 bridgehead atoms. The monoisotopic (exact) mass is 448 g/mol. The maximum absolute atomic E-state index is 5.32. The molecule has 0 aromatic heterocycles. The van der Waals surface area contributed by atoms with Gasteiger partial charge in [-0.1, -0.05) is 18.2 Å². The van der Waals surface area contributed by atoms with Gasteiger partial charge in [-0.25, -0.2) is 0 Å². The first-order valence-corrected chi connectivity index (χ1v) is 8.31. The average Bonchev–Trinajstić information content (AvgIpc) is 3.34. The minimum Gasteiger partial charge on any atom is -1.00 e. The minimum absolute atomic E-state index is 0. The largest absolute Gasteiger partial charge is 2.00 e. The van der Waals surface area contributed by atoms with Crippen LogP contribution >= 0.6 is 0 Å². The van der Waals surface area contributed by atoms with Crippen LogP contribution in [0, 0.1) is 63.7 Å². The summed E-state index contributed by atoms with van der Waals surface area (Å²) in [4.78, 5) is 0. The normalized spacial score (nSPS) is 15.6. The fraction of sp³-hybridized carbons (Fsp3) is 0.238. The summed E-state index contributed by atoms with van der Waals surface area (Å²) in [5, 5.41) is 6.82. The van der Waals surface area contributed by atoms with Gasteiger partial charge in [0.25, 0.3) is 0 Å². The zero-order chi connectivity index (χ0) is 16.9. The third kappa shape index (κ3) is 13.0. The first-order valence-electron chi connectivity index (χ1n) is 8.31. The van der Waals surface area contributed by atoms with E-state index < -0.39 is 0 Å². The first-order chi connectivity index (χ1) is 11.9. The summed E-state index contributed by atoms with van der Waals surface area (Å²) in [6.45, 7) is 3.67. The third-order valence-corrected chi connectivity index (χ3v) is 3.60. The van der Waals surface area contributed by atoms with Gasteiger partial charge in [-0.15, -0.1) is 0 Å². The minimum atomic E-state index is 0. The van der Waals surface area contributed by atoms with Crippen LogP contribution in [0.2, 0.25) is 0 Å². The molecule has 27 heavy (non-hydrogen) atoms. The molecule has 0 atom stereocenters. The molecule has 148 valence electrons. The molecule has 2 aliphatic carbocycles. The Hall–Kier alpha value is 0.0395. The van der Waals surface area contributed by atoms with Crippen LogP contribution in [0.4, 0.5) is 0 Å². The Balaban J connectivity index is 0. The van der Waals surface area contributed by atoms with Gasteiger partial charge in [0.15, 0.2) is 0 Å². The number of para-hydroxylation sites is 1. The van der Waals surface area contributed by atoms with Crippen LogP contribution < -0.4 is 40.2 Å². The molecule has 0 spiro atoms. The van der Waals surface area contributed by atoms with Gasteiger partial charge in [-0.05, 0) is 69.8 Å². The van der Waals surface area contributed by atoms with Gasteiger partial charge >= 0.3 is 17.1 Å². The van der Waals surface area contributed by atoms with Crippen molar-refractivity contribution < 1.29 is 46.6 Å². The smallest absolute Gasteiger partial charge is 1.00 e. The van der Waals surface area contributed by atoms with Crippen LogP contribution in [0.3, 0.4) is 0 Å². The Morgan fingerprint density at radius 1 is 0.741 bits per heavy atom. The van der Waals surface area contributed by atoms with Crippen LogP contribution in [-0.2, 0) is 23.6 Å². The zero-order valence-corrected chi connectivity index (χ0v) is 18.0. The summed E-state index contributed by atoms with van der Waals surface area (Å²) in [6, 6.07) is 8.10. The summed E-state index contributed by atoms with van der Waals surface area (Å²) in [6.07, 6.45) is 18.4. The van der Waals surface area contributed by atoms with Crippen molar-refractivity contribution in [1.82, 2.24) is 10.6 Å². The number of methoxy groups -OCH3 is 1. The van der Waals surface area contributed by atoms with Crippen LogP contribution in [0.25, 0.3) is 0 Å². The van der Waals surface area contributed by atoms with Gasteiger partial charge in [-0.3, -0.25) is 0 Å². The van der Waals surface area contributed by atoms with Crippen molar-refractivity contribution in [3.8, 4) is 5.75 Å². The quantitative estimate of drug-likeness (QED) is 0.325. The first kappa shape index (κ1) is 29.2. The average molecular weight is 449 g/mol. The van der Waals surface area contributed by atoms with Crippen molar-refractivity contribution in [3.63, 3.8) is 0 Å². The van der Waals surface area contributed by atoms with E-state index in [0.29, 0.717) is 0 Å². The molecule has 10 radical (unpaired) electrons. The molecule has 2 N–H and O–H groups in total. The molecule has 3 nitrogen and oxygen atoms in total. The van der Waals surface area contributed by atoms with E-state index in [9.17, 15) is 0 Å². The summed E-state index contributed by atoms with van der Waals surface area (Å²) >= 11 is 0. The molecule has 0 aliphatic heterocycles. The SMILES string of the molecule is COc1ccccc1CNCCNC[C]1[CH][CH][CH][CH]1.[CH]1[CH][CH][CH][CH]1.[Cl-].[Cl-].[Fe+2]. The second-order valence-corrected chi connectivity index (χ2v) is 5.42. The molecule has 1 aromatic carbocycles. The van der Waals surface area contributed by atoms with Gasteiger partial charge in [0.2, 0.25) is 0 Å². The second kappa shape index (κ2) is 19.4. The summed E-state index contributed by atoms with van der Waals surface area (Å²) in [5.74, 6) is 2.28. The van der Waals surface area contributed by atoms with E-state index >= 15 is 0 Å². The van der Waals surface area contributed by atoms with E-state index in [2.05, 4.69) is 42.4 Å². The second-order valence-electron chi connectivity index (χ2n) is 5.42. The molecule has 2 aliphatic rings. The number of hydrogen-bond donors (Lipinski definition) is 2. The Morgan fingerprint density at radius 2 is 1.26 bits per heavy atom. The molecule has 3 rings (SSSR count). The van der Waals surface area contributed by atoms with Crippen LogP contribution in [0.5, 0.6) is 5.75 Å². The maximum atomic E-state index is 5.32. The van der Waals surface area contributed by atoms with E-state index in [4.69, 9.17) is 4.74 Å². The van der Waals surface area contributed by atoms with E-state index in [0.717, 1.165) is 31.9 Å². The molecule has 1 aromatic rings. The third-order valence-electron chi connectivity index (χ3n) is 3.60. The zero-order valence-electron chi connectivity index (χ0n) is 15.4. The van der Waals surface area contributed by atoms with Crippen molar-refractivity contribution in [1.29, 1.82) is 0 Å². The standard InChI is InChI=1S/C16H21N2O.C5H5.2ClH.Fe/c1-19-16-9-5-4-8-15(16)13-18-11-10-17-12-14-6-2-3-7-14;1-2-4-5-3-1;;;/h2-9,17-18H,10-13H2,1H3;1-5H;2*1H;/q;;;;+2/p-2. The Bertz CT molecular complexity index is 434. The van der Waals surface area contributed by atoms with Crippen molar-refractivity contribution >= 4 is 0 Å². The predicted octanol–water partition coefficient (Wildman–Crippen LogP) is -3.19. The molecular formula is C21H26Cl2FeN2O. The molecule has 0 amide bonds. The van der Waals surface area contributed by atoms with E-state index in [1.807, 2.05) is 50.3 Å². The number of rotatable bonds is 8. The van der Waals surface area contributed by atoms with Gasteiger partial charge in [-0.2, -0.15) is 0 Å². The Labute approximate surface area is 189 Å². The fourth-order valence-corrected chi connectivity index (χ4v) is 2.33. The molecule has 0 unspecified atom stereocenters. The summed E-state index contributed by atoms with van der Waals surface area (Å²) < 4.78 is 5.32. The predicted molar refractivity (Wildman–Crippen MR) is 99.5 cm³/mol. The Kier molecular flexibility index (Phi) is 21.0. The van der Waals surface area contributed by atoms with Crippen LogP contribution in [0.15, 0.2) is 24.3 Å². The van der Waals surface area contributed by atoms with Crippen molar-refractivity contribution in [2.45, 2.75) is 6.54 Å². The summed E-state index contributed by atoms with van der Waals surface area (Å²) in [7, 11) is 1.71. The van der Waals surface area contributed by atoms with E-state index in [1.54, 1.807) is 7.11 Å². The number of benzene rings is 1. The van der Waals surface area contributed by atoms with Crippen molar-refractivity contribution in [2.24, 2.45) is 0 Å². The van der Waals surface area contributed by atoms with E-state index in [1.165, 1.54) is 11.5 Å². The van der Waals surface area contributed by atoms with Gasteiger partial charge in [0.1, 0.15) is 5.75 Å². The van der Waals surface area contributed by atoms with Gasteiger partial charge < -0.3 is 40.2 Å².